The van der Waals surface area contributed by atoms with Crippen LogP contribution < -0.4 is 10.0 Å². The molecular formula is C29H30F3N5O6S2. The van der Waals surface area contributed by atoms with Crippen molar-refractivity contribution in [3.8, 4) is 27.4 Å². The number of sulfonamides is 1. The van der Waals surface area contributed by atoms with Crippen LogP contribution in [0.4, 0.5) is 18.0 Å². The molecular weight excluding hydrogens is 635 g/mol. The second-order valence-electron chi connectivity index (χ2n) is 10.8. The highest BCUT2D eigenvalue weighted by molar-refractivity contribution is 7.91. The molecule has 0 aliphatic rings. The van der Waals surface area contributed by atoms with Gasteiger partial charge in [-0.25, -0.2) is 27.4 Å². The summed E-state index contributed by atoms with van der Waals surface area (Å²) in [5.41, 5.74) is -0.162. The summed E-state index contributed by atoms with van der Waals surface area (Å²) in [6.07, 6.45) is -2.60. The number of hydrogen-bond donors (Lipinski definition) is 3. The van der Waals surface area contributed by atoms with E-state index in [9.17, 15) is 36.3 Å². The highest BCUT2D eigenvalue weighted by Gasteiger charge is 2.30. The van der Waals surface area contributed by atoms with Crippen LogP contribution in [-0.2, 0) is 20.9 Å². The molecule has 4 rings (SSSR count). The first kappa shape index (κ1) is 33.6. The molecule has 2 aromatic carbocycles. The van der Waals surface area contributed by atoms with E-state index in [-0.39, 0.29) is 22.0 Å². The minimum absolute atomic E-state index is 0.0250. The van der Waals surface area contributed by atoms with Crippen molar-refractivity contribution in [3.05, 3.63) is 71.9 Å². The van der Waals surface area contributed by atoms with Crippen LogP contribution in [0.1, 0.15) is 49.5 Å². The molecule has 16 heteroatoms. The van der Waals surface area contributed by atoms with E-state index in [1.54, 1.807) is 32.9 Å². The maximum absolute atomic E-state index is 12.9. The number of carbonyl (C=O) groups is 2. The topological polar surface area (TPSA) is 153 Å². The molecule has 0 radical (unpaired) electrons. The van der Waals surface area contributed by atoms with Gasteiger partial charge in [-0.2, -0.15) is 13.2 Å². The van der Waals surface area contributed by atoms with Crippen LogP contribution >= 0.6 is 11.3 Å². The van der Waals surface area contributed by atoms with Crippen molar-refractivity contribution in [1.82, 2.24) is 25.0 Å². The van der Waals surface area contributed by atoms with Crippen molar-refractivity contribution in [2.45, 2.75) is 49.6 Å². The molecule has 0 bridgehead atoms. The zero-order valence-electron chi connectivity index (χ0n) is 24.4. The number of carboxylic acids is 1. The van der Waals surface area contributed by atoms with E-state index in [2.05, 4.69) is 20.4 Å². The number of amides is 1. The number of ether oxygens (including phenoxy) is 1. The van der Waals surface area contributed by atoms with Gasteiger partial charge in [-0.3, -0.25) is 0 Å². The summed E-state index contributed by atoms with van der Waals surface area (Å²) < 4.78 is 73.5. The maximum atomic E-state index is 12.9. The Hall–Kier alpha value is -4.28. The third-order valence-electron chi connectivity index (χ3n) is 6.13. The summed E-state index contributed by atoms with van der Waals surface area (Å²) in [6.45, 7) is 5.71. The van der Waals surface area contributed by atoms with Gasteiger partial charge in [0.15, 0.2) is 0 Å². The number of thiophene rings is 1. The Morgan fingerprint density at radius 3 is 2.31 bits per heavy atom. The second-order valence-corrected chi connectivity index (χ2v) is 13.9. The molecule has 0 atom stereocenters. The third-order valence-corrected chi connectivity index (χ3v) is 9.21. The van der Waals surface area contributed by atoms with Crippen molar-refractivity contribution in [2.24, 2.45) is 0 Å². The molecule has 240 valence electrons. The monoisotopic (exact) mass is 665 g/mol. The van der Waals surface area contributed by atoms with Gasteiger partial charge in [-0.1, -0.05) is 17.3 Å². The van der Waals surface area contributed by atoms with E-state index in [4.69, 9.17) is 4.74 Å². The van der Waals surface area contributed by atoms with E-state index < -0.39 is 39.4 Å². The largest absolute Gasteiger partial charge is 0.478 e. The highest BCUT2D eigenvalue weighted by Crippen LogP contribution is 2.34. The van der Waals surface area contributed by atoms with Gasteiger partial charge in [0, 0.05) is 23.5 Å². The molecule has 0 aliphatic carbocycles. The van der Waals surface area contributed by atoms with E-state index in [0.29, 0.717) is 41.1 Å². The first-order valence-corrected chi connectivity index (χ1v) is 15.9. The highest BCUT2D eigenvalue weighted by atomic mass is 32.2. The number of carbonyl (C=O) groups excluding carboxylic acids is 1. The van der Waals surface area contributed by atoms with Crippen molar-refractivity contribution < 1.29 is 41.0 Å². The number of nitrogens with one attached hydrogen (secondary N) is 2. The molecule has 45 heavy (non-hydrogen) atoms. The summed E-state index contributed by atoms with van der Waals surface area (Å²) in [5, 5.41) is 20.3. The van der Waals surface area contributed by atoms with Gasteiger partial charge in [-0.15, -0.1) is 16.4 Å². The van der Waals surface area contributed by atoms with Gasteiger partial charge in [0.2, 0.25) is 10.0 Å². The number of alkyl carbamates (subject to hydrolysis) is 1. The molecule has 3 N–H and O–H groups in total. The fourth-order valence-electron chi connectivity index (χ4n) is 4.01. The van der Waals surface area contributed by atoms with Crippen molar-refractivity contribution >= 4 is 33.4 Å². The van der Waals surface area contributed by atoms with E-state index >= 15 is 0 Å². The molecule has 2 aromatic heterocycles. The predicted molar refractivity (Wildman–Crippen MR) is 161 cm³/mol. The second kappa shape index (κ2) is 13.4. The average Bonchev–Trinajstić information content (AvgIpc) is 3.65. The lowest BCUT2D eigenvalue weighted by Gasteiger charge is -2.19. The number of aromatic carboxylic acids is 1. The summed E-state index contributed by atoms with van der Waals surface area (Å²) in [6, 6.07) is 11.7. The molecule has 1 amide bonds. The molecule has 0 fully saturated rings. The number of halogens is 3. The van der Waals surface area contributed by atoms with E-state index in [1.807, 2.05) is 0 Å². The number of nitrogens with zero attached hydrogens (tertiary/aromatic N) is 3. The summed E-state index contributed by atoms with van der Waals surface area (Å²) in [7, 11) is -3.86. The van der Waals surface area contributed by atoms with Gasteiger partial charge >= 0.3 is 18.2 Å². The maximum Gasteiger partial charge on any atom is 0.416 e. The van der Waals surface area contributed by atoms with Crippen molar-refractivity contribution in [2.75, 3.05) is 13.1 Å². The fraction of sp³-hybridized carbons (Fsp3) is 0.310. The molecule has 0 spiro atoms. The standard InChI is InChI=1S/C29H30F3N5O6S2/c1-28(2,3)43-27(40)33-12-4-5-13-34-45(41,42)25-11-10-24(44-25)19-14-20(26(38)39)16-22(15-19)37-17-23(35-36-37)18-6-8-21(9-7-18)29(30,31)32/h6-11,14-17,34H,4-5,12-13H2,1-3H3,(H,33,40)(H,38,39). The normalized spacial score (nSPS) is 12.2. The average molecular weight is 666 g/mol. The Kier molecular flexibility index (Phi) is 9.99. The van der Waals surface area contributed by atoms with Crippen LogP contribution in [0.5, 0.6) is 0 Å². The lowest BCUT2D eigenvalue weighted by atomic mass is 10.1. The zero-order valence-corrected chi connectivity index (χ0v) is 26.0. The minimum atomic E-state index is -4.48. The molecule has 4 aromatic rings. The fourth-order valence-corrected chi connectivity index (χ4v) is 6.43. The molecule has 2 heterocycles. The van der Waals surface area contributed by atoms with Gasteiger partial charge in [0.25, 0.3) is 0 Å². The summed E-state index contributed by atoms with van der Waals surface area (Å²) >= 11 is 0.946. The van der Waals surface area contributed by atoms with Crippen LogP contribution in [0.3, 0.4) is 0 Å². The molecule has 0 saturated heterocycles. The molecule has 11 nitrogen and oxygen atoms in total. The zero-order chi connectivity index (χ0) is 33.0. The molecule has 0 aliphatic heterocycles. The molecule has 0 unspecified atom stereocenters. The van der Waals surface area contributed by atoms with Crippen LogP contribution in [-0.4, -0.2) is 59.3 Å². The number of hydrogen-bond acceptors (Lipinski definition) is 8. The first-order valence-electron chi connectivity index (χ1n) is 13.6. The Bertz CT molecular complexity index is 1780. The quantitative estimate of drug-likeness (QED) is 0.166. The number of aromatic nitrogens is 3. The Morgan fingerprint density at radius 2 is 1.67 bits per heavy atom. The number of alkyl halides is 3. The predicted octanol–water partition coefficient (Wildman–Crippen LogP) is 5.96. The Labute approximate surface area is 261 Å². The first-order chi connectivity index (χ1) is 21.0. The number of rotatable bonds is 11. The van der Waals surface area contributed by atoms with Crippen molar-refractivity contribution in [3.63, 3.8) is 0 Å². The van der Waals surface area contributed by atoms with E-state index in [1.165, 1.54) is 41.2 Å². The molecule has 0 saturated carbocycles. The smallest absolute Gasteiger partial charge is 0.416 e. The van der Waals surface area contributed by atoms with Crippen molar-refractivity contribution in [1.29, 1.82) is 0 Å². The van der Waals surface area contributed by atoms with Crippen LogP contribution in [0.25, 0.3) is 27.4 Å². The third kappa shape index (κ3) is 9.12. The SMILES string of the molecule is CC(C)(C)OC(=O)NCCCCNS(=O)(=O)c1ccc(-c2cc(C(=O)O)cc(-n3cc(-c4ccc(C(F)(F)F)cc4)nn3)c2)s1. The van der Waals surface area contributed by atoms with Crippen LogP contribution in [0.15, 0.2) is 65.0 Å². The van der Waals surface area contributed by atoms with Gasteiger partial charge in [0.1, 0.15) is 15.5 Å². The number of carboxylic acid groups (broad SMARTS) is 1. The van der Waals surface area contributed by atoms with Gasteiger partial charge < -0.3 is 15.2 Å². The van der Waals surface area contributed by atoms with Crippen LogP contribution in [0.2, 0.25) is 0 Å². The Balaban J connectivity index is 1.45. The lowest BCUT2D eigenvalue weighted by Crippen LogP contribution is -2.33. The Morgan fingerprint density at radius 1 is 0.978 bits per heavy atom. The summed E-state index contributed by atoms with van der Waals surface area (Å²) in [5.74, 6) is -1.23. The minimum Gasteiger partial charge on any atom is -0.478 e. The lowest BCUT2D eigenvalue weighted by molar-refractivity contribution is -0.137. The van der Waals surface area contributed by atoms with Gasteiger partial charge in [-0.05, 0) is 81.6 Å². The van der Waals surface area contributed by atoms with Gasteiger partial charge in [0.05, 0.1) is 23.0 Å². The van der Waals surface area contributed by atoms with E-state index in [0.717, 1.165) is 23.5 Å². The number of unbranched alkanes of at least 4 members (excludes halogenated alkanes) is 1. The summed E-state index contributed by atoms with van der Waals surface area (Å²) in [4.78, 5) is 24.1. The number of benzene rings is 2. The van der Waals surface area contributed by atoms with Crippen LogP contribution in [0, 0.1) is 0 Å².